The quantitative estimate of drug-likeness (QED) is 0.0996. The maximum atomic E-state index is 8.13. The number of fused-ring (bicyclic) bond motifs is 10. The zero-order valence-electron chi connectivity index (χ0n) is 34.5. The Morgan fingerprint density at radius 3 is 1.75 bits per heavy atom. The average Bonchev–Trinajstić information content (AvgIpc) is 4.09. The van der Waals surface area contributed by atoms with Crippen molar-refractivity contribution in [3.8, 4) is 22.3 Å². The molecule has 7 aromatic rings. The van der Waals surface area contributed by atoms with Gasteiger partial charge in [0.25, 0.3) is 0 Å². The summed E-state index contributed by atoms with van der Waals surface area (Å²) in [7, 11) is 0. The molecule has 0 amide bonds. The number of para-hydroxylation sites is 2. The minimum absolute atomic E-state index is 0.0199. The fourth-order valence-corrected chi connectivity index (χ4v) is 11.0. The number of hydrogen-bond acceptors (Lipinski definition) is 4. The Labute approximate surface area is 353 Å². The molecule has 11 rings (SSSR count). The van der Waals surface area contributed by atoms with E-state index < -0.39 is 0 Å². The Kier molecular flexibility index (Phi) is 8.18. The largest absolute Gasteiger partial charge is 0.359 e. The first-order valence-electron chi connectivity index (χ1n) is 21.1. The maximum Gasteiger partial charge on any atom is 0.114 e. The lowest BCUT2D eigenvalue weighted by atomic mass is 9.63. The van der Waals surface area contributed by atoms with Gasteiger partial charge in [0.05, 0.1) is 0 Å². The van der Waals surface area contributed by atoms with Crippen molar-refractivity contribution >= 4 is 23.2 Å². The molecule has 0 bridgehead atoms. The number of nitrogens with one attached hydrogen (secondary N) is 1. The number of anilines is 2. The van der Waals surface area contributed by atoms with E-state index in [1.807, 2.05) is 24.5 Å². The molecule has 2 aliphatic heterocycles. The lowest BCUT2D eigenvalue weighted by Crippen LogP contribution is -2.32. The zero-order chi connectivity index (χ0) is 40.9. The summed E-state index contributed by atoms with van der Waals surface area (Å²) in [5.74, 6) is 0.0199. The van der Waals surface area contributed by atoms with Crippen molar-refractivity contribution in [2.75, 3.05) is 4.90 Å². The number of rotatable bonds is 7. The van der Waals surface area contributed by atoms with Crippen molar-refractivity contribution in [2.45, 2.75) is 63.2 Å². The SMILES string of the molecule is C=C/C(=C\C=N)c1cc2c(cc1CN1c3ccccc3C(C)(C)c3ccccc31)-c1cc(C3c4ccccc4C(C)(C)c4ccccc43)c(-c3ccncc3)cc1C1OC21. The van der Waals surface area contributed by atoms with Gasteiger partial charge in [0, 0.05) is 53.3 Å². The predicted molar refractivity (Wildman–Crippen MR) is 245 cm³/mol. The van der Waals surface area contributed by atoms with Crippen LogP contribution in [-0.2, 0) is 22.1 Å². The minimum Gasteiger partial charge on any atom is -0.359 e. The van der Waals surface area contributed by atoms with Crippen LogP contribution in [0.15, 0.2) is 165 Å². The van der Waals surface area contributed by atoms with E-state index in [2.05, 4.69) is 178 Å². The van der Waals surface area contributed by atoms with Crippen LogP contribution < -0.4 is 4.90 Å². The summed E-state index contributed by atoms with van der Waals surface area (Å²) in [6.45, 7) is 14.3. The highest BCUT2D eigenvalue weighted by Crippen LogP contribution is 2.62. The Bertz CT molecular complexity index is 2860. The van der Waals surface area contributed by atoms with Gasteiger partial charge < -0.3 is 15.0 Å². The van der Waals surface area contributed by atoms with Crippen LogP contribution in [0, 0.1) is 5.41 Å². The Balaban J connectivity index is 1.16. The molecule has 292 valence electrons. The maximum absolute atomic E-state index is 8.13. The molecule has 2 atom stereocenters. The van der Waals surface area contributed by atoms with E-state index in [4.69, 9.17) is 10.1 Å². The monoisotopic (exact) mass is 777 g/mol. The fourth-order valence-electron chi connectivity index (χ4n) is 11.0. The van der Waals surface area contributed by atoms with Crippen LogP contribution in [-0.4, -0.2) is 11.2 Å². The molecule has 2 unspecified atom stereocenters. The molecule has 4 nitrogen and oxygen atoms in total. The fraction of sp³-hybridized carbons (Fsp3) is 0.179. The molecule has 1 aromatic heterocycles. The van der Waals surface area contributed by atoms with Crippen molar-refractivity contribution in [1.82, 2.24) is 4.98 Å². The lowest BCUT2D eigenvalue weighted by Gasteiger charge is -2.42. The van der Waals surface area contributed by atoms with E-state index >= 15 is 0 Å². The average molecular weight is 778 g/mol. The van der Waals surface area contributed by atoms with E-state index in [9.17, 15) is 0 Å². The zero-order valence-corrected chi connectivity index (χ0v) is 34.5. The van der Waals surface area contributed by atoms with Crippen molar-refractivity contribution < 1.29 is 4.74 Å². The van der Waals surface area contributed by atoms with Gasteiger partial charge in [0.1, 0.15) is 12.2 Å². The number of ether oxygens (including phenoxy) is 1. The first-order valence-corrected chi connectivity index (χ1v) is 21.1. The van der Waals surface area contributed by atoms with Gasteiger partial charge in [0.15, 0.2) is 0 Å². The molecule has 4 heteroatoms. The topological polar surface area (TPSA) is 52.5 Å². The van der Waals surface area contributed by atoms with Gasteiger partial charge in [-0.25, -0.2) is 0 Å². The summed E-state index contributed by atoms with van der Waals surface area (Å²) in [4.78, 5) is 6.91. The third-order valence-electron chi connectivity index (χ3n) is 13.9. The van der Waals surface area contributed by atoms with Crippen LogP contribution in [0.4, 0.5) is 11.4 Å². The normalized spacial score (nSPS) is 18.7. The van der Waals surface area contributed by atoms with Crippen LogP contribution in [0.25, 0.3) is 27.8 Å². The second kappa shape index (κ2) is 13.5. The smallest absolute Gasteiger partial charge is 0.114 e. The summed E-state index contributed by atoms with van der Waals surface area (Å²) in [6.07, 6.45) is 8.85. The third kappa shape index (κ3) is 5.33. The summed E-state index contributed by atoms with van der Waals surface area (Å²) < 4.78 is 6.67. The molecule has 1 fully saturated rings. The van der Waals surface area contributed by atoms with Gasteiger partial charge in [-0.1, -0.05) is 125 Å². The van der Waals surface area contributed by atoms with Crippen LogP contribution >= 0.6 is 0 Å². The van der Waals surface area contributed by atoms with Crippen LogP contribution in [0.1, 0.15) is 107 Å². The Morgan fingerprint density at radius 1 is 0.633 bits per heavy atom. The van der Waals surface area contributed by atoms with Crippen molar-refractivity contribution in [3.63, 3.8) is 0 Å². The van der Waals surface area contributed by atoms with Crippen LogP contribution in [0.3, 0.4) is 0 Å². The first-order chi connectivity index (χ1) is 29.2. The van der Waals surface area contributed by atoms with Gasteiger partial charge in [-0.05, 0) is 144 Å². The Hall–Kier alpha value is -6.62. The van der Waals surface area contributed by atoms with Crippen molar-refractivity contribution in [1.29, 1.82) is 5.41 Å². The number of pyridine rings is 1. The number of epoxide rings is 1. The van der Waals surface area contributed by atoms with E-state index in [-0.39, 0.29) is 29.0 Å². The van der Waals surface area contributed by atoms with E-state index in [1.165, 1.54) is 89.9 Å². The van der Waals surface area contributed by atoms with E-state index in [0.29, 0.717) is 6.54 Å². The molecule has 0 saturated carbocycles. The number of allylic oxidation sites excluding steroid dienone is 3. The summed E-state index contributed by atoms with van der Waals surface area (Å²) in [6, 6.07) is 49.8. The minimum atomic E-state index is -0.152. The molecule has 4 aliphatic rings. The number of aromatic nitrogens is 1. The molecule has 0 radical (unpaired) electrons. The van der Waals surface area contributed by atoms with Gasteiger partial charge in [-0.3, -0.25) is 4.98 Å². The summed E-state index contributed by atoms with van der Waals surface area (Å²) in [5.41, 5.74) is 21.9. The highest BCUT2D eigenvalue weighted by Gasteiger charge is 2.49. The van der Waals surface area contributed by atoms with E-state index in [0.717, 1.165) is 16.7 Å². The van der Waals surface area contributed by atoms with Crippen LogP contribution in [0.2, 0.25) is 0 Å². The first kappa shape index (κ1) is 36.5. The molecule has 6 aromatic carbocycles. The van der Waals surface area contributed by atoms with Crippen LogP contribution in [0.5, 0.6) is 0 Å². The van der Waals surface area contributed by atoms with Gasteiger partial charge in [0.2, 0.25) is 0 Å². The number of benzene rings is 6. The third-order valence-corrected chi connectivity index (χ3v) is 13.9. The number of nitrogens with zero attached hydrogens (tertiary/aromatic N) is 2. The molecule has 60 heavy (non-hydrogen) atoms. The lowest BCUT2D eigenvalue weighted by molar-refractivity contribution is 0.380. The number of hydrogen-bond donors (Lipinski definition) is 1. The van der Waals surface area contributed by atoms with Gasteiger partial charge in [-0.15, -0.1) is 0 Å². The molecule has 3 heterocycles. The predicted octanol–water partition coefficient (Wildman–Crippen LogP) is 13.6. The molecular weight excluding hydrogens is 731 g/mol. The van der Waals surface area contributed by atoms with Gasteiger partial charge in [-0.2, -0.15) is 0 Å². The second-order valence-corrected chi connectivity index (χ2v) is 17.8. The molecule has 2 aliphatic carbocycles. The standard InChI is InChI=1S/C56H47N3O/c1-6-34(23-26-57)39-30-44-41(29-36(39)33-59-50-21-13-11-19-48(50)56(4,5)49-20-12-14-22-51(49)59)42-32-43(40(35-24-27-58-28-25-35)31-45(42)54-53(44)60-54)52-37-15-7-9-17-46(37)55(2,3)47-18-10-8-16-38(47)52/h6-32,52-54,57H,1,33H2,2-5H3/b34-23+,57-26?. The summed E-state index contributed by atoms with van der Waals surface area (Å²) in [5, 5.41) is 8.13. The molecule has 0 spiro atoms. The molecule has 1 saturated heterocycles. The highest BCUT2D eigenvalue weighted by molar-refractivity contribution is 5.91. The second-order valence-electron chi connectivity index (χ2n) is 17.8. The van der Waals surface area contributed by atoms with Crippen molar-refractivity contribution in [2.24, 2.45) is 0 Å². The van der Waals surface area contributed by atoms with Crippen molar-refractivity contribution in [3.05, 3.63) is 226 Å². The molecule has 1 N–H and O–H groups in total. The summed E-state index contributed by atoms with van der Waals surface area (Å²) >= 11 is 0. The molecular formula is C56H47N3O. The highest BCUT2D eigenvalue weighted by atomic mass is 16.6. The van der Waals surface area contributed by atoms with Gasteiger partial charge >= 0.3 is 0 Å². The van der Waals surface area contributed by atoms with E-state index in [1.54, 1.807) is 0 Å². The Morgan fingerprint density at radius 2 is 1.15 bits per heavy atom.